The van der Waals surface area contributed by atoms with Gasteiger partial charge in [0, 0.05) is 13.3 Å². The van der Waals surface area contributed by atoms with E-state index >= 15 is 0 Å². The number of carboxylic acids is 1. The molecule has 0 aliphatic carbocycles. The largest absolute Gasteiger partial charge is 0.507 e. The van der Waals surface area contributed by atoms with Crippen LogP contribution in [0.2, 0.25) is 0 Å². The molecule has 138 valence electrons. The monoisotopic (exact) mass is 699 g/mol. The van der Waals surface area contributed by atoms with Gasteiger partial charge in [-0.05, 0) is 104 Å². The normalized spacial score (nSPS) is 11.7. The third kappa shape index (κ3) is 5.84. The minimum atomic E-state index is -1.08. The first-order chi connectivity index (χ1) is 12.2. The highest BCUT2D eigenvalue weighted by Crippen LogP contribution is 2.35. The minimum absolute atomic E-state index is 0.179. The van der Waals surface area contributed by atoms with Crippen LogP contribution in [-0.2, 0) is 16.0 Å². The number of carbonyl (C=O) groups is 2. The van der Waals surface area contributed by atoms with E-state index < -0.39 is 12.0 Å². The van der Waals surface area contributed by atoms with Crippen LogP contribution in [0.25, 0.3) is 0 Å². The van der Waals surface area contributed by atoms with E-state index in [0.717, 1.165) is 12.7 Å². The molecule has 1 atom stereocenters. The maximum atomic E-state index is 11.3. The number of phenols is 1. The quantitative estimate of drug-likeness (QED) is 0.395. The van der Waals surface area contributed by atoms with Crippen LogP contribution in [0, 0.1) is 10.7 Å². The zero-order valence-electron chi connectivity index (χ0n) is 13.4. The lowest BCUT2D eigenvalue weighted by Gasteiger charge is -2.16. The molecule has 9 heteroatoms. The Morgan fingerprint density at radius 1 is 1.12 bits per heavy atom. The maximum Gasteiger partial charge on any atom is 0.326 e. The first-order valence-corrected chi connectivity index (χ1v) is 10.5. The lowest BCUT2D eigenvalue weighted by molar-refractivity contribution is -0.141. The highest BCUT2D eigenvalue weighted by Gasteiger charge is 2.20. The Morgan fingerprint density at radius 3 is 2.23 bits per heavy atom. The third-order valence-corrected chi connectivity index (χ3v) is 5.78. The molecular formula is C17H14I3NO5. The van der Waals surface area contributed by atoms with Gasteiger partial charge in [-0.25, -0.2) is 4.79 Å². The van der Waals surface area contributed by atoms with Gasteiger partial charge in [-0.15, -0.1) is 0 Å². The van der Waals surface area contributed by atoms with E-state index in [0.29, 0.717) is 15.1 Å². The third-order valence-electron chi connectivity index (χ3n) is 3.31. The zero-order valence-corrected chi connectivity index (χ0v) is 19.9. The molecule has 2 rings (SSSR count). The molecule has 26 heavy (non-hydrogen) atoms. The zero-order chi connectivity index (χ0) is 19.4. The van der Waals surface area contributed by atoms with Gasteiger partial charge in [-0.1, -0.05) is 0 Å². The Labute approximate surface area is 191 Å². The van der Waals surface area contributed by atoms with Crippen molar-refractivity contribution < 1.29 is 24.5 Å². The van der Waals surface area contributed by atoms with Crippen LogP contribution in [0.3, 0.4) is 0 Å². The molecule has 0 aliphatic rings. The second-order valence-electron chi connectivity index (χ2n) is 5.40. The predicted molar refractivity (Wildman–Crippen MR) is 122 cm³/mol. The summed E-state index contributed by atoms with van der Waals surface area (Å²) in [7, 11) is 0. The molecule has 0 spiro atoms. The van der Waals surface area contributed by atoms with Crippen LogP contribution in [-0.4, -0.2) is 28.1 Å². The van der Waals surface area contributed by atoms with Crippen molar-refractivity contribution in [2.45, 2.75) is 19.4 Å². The predicted octanol–water partition coefficient (Wildman–Crippen LogP) is 4.13. The summed E-state index contributed by atoms with van der Waals surface area (Å²) >= 11 is 6.28. The van der Waals surface area contributed by atoms with Crippen molar-refractivity contribution in [3.63, 3.8) is 0 Å². The van der Waals surface area contributed by atoms with E-state index in [-0.39, 0.29) is 18.1 Å². The number of carboxylic acid groups (broad SMARTS) is 1. The molecule has 0 aromatic heterocycles. The van der Waals surface area contributed by atoms with Crippen molar-refractivity contribution in [3.05, 3.63) is 46.6 Å². The standard InChI is InChI=1S/C17H14I3NO5/c1-8(22)21-14(17(24)25)6-9-4-12(19)16(13(20)5-9)26-10-2-3-15(23)11(18)7-10/h2-5,7,14,23H,6H2,1H3,(H,21,22)(H,24,25)/t14-/m0/s1/i2+1,3+1,7+1,10+1,11+1,15+1. The van der Waals surface area contributed by atoms with Gasteiger partial charge in [-0.2, -0.15) is 0 Å². The van der Waals surface area contributed by atoms with Gasteiger partial charge in [0.2, 0.25) is 5.91 Å². The Balaban J connectivity index is 2.25. The molecular weight excluding hydrogens is 685 g/mol. The summed E-state index contributed by atoms with van der Waals surface area (Å²) in [6, 6.07) is 7.66. The fourth-order valence-electron chi connectivity index (χ4n) is 2.18. The van der Waals surface area contributed by atoms with Crippen LogP contribution in [0.5, 0.6) is 17.2 Å². The summed E-state index contributed by atoms with van der Waals surface area (Å²) in [5.41, 5.74) is 0.785. The number of aliphatic carboxylic acids is 1. The topological polar surface area (TPSA) is 95.9 Å². The van der Waals surface area contributed by atoms with Gasteiger partial charge in [0.05, 0.1) is 10.7 Å². The molecule has 1 amide bonds. The van der Waals surface area contributed by atoms with Crippen LogP contribution in [0.15, 0.2) is 30.3 Å². The number of ether oxygens (including phenoxy) is 1. The minimum Gasteiger partial charge on any atom is -0.507 e. The van der Waals surface area contributed by atoms with E-state index in [1.807, 2.05) is 34.7 Å². The Kier molecular flexibility index (Phi) is 7.76. The van der Waals surface area contributed by atoms with E-state index in [1.165, 1.54) is 6.92 Å². The number of hydrogen-bond donors (Lipinski definition) is 3. The van der Waals surface area contributed by atoms with Crippen molar-refractivity contribution in [1.29, 1.82) is 0 Å². The Hall–Kier alpha value is -0.830. The summed E-state index contributed by atoms with van der Waals surface area (Å²) in [6.07, 6.45) is 0.179. The summed E-state index contributed by atoms with van der Waals surface area (Å²) in [4.78, 5) is 22.5. The van der Waals surface area contributed by atoms with Crippen LogP contribution < -0.4 is 10.1 Å². The fraction of sp³-hybridized carbons (Fsp3) is 0.176. The Morgan fingerprint density at radius 2 is 1.73 bits per heavy atom. The van der Waals surface area contributed by atoms with Crippen molar-refractivity contribution in [2.75, 3.05) is 0 Å². The number of amides is 1. The molecule has 0 unspecified atom stereocenters. The number of carbonyl (C=O) groups excluding carboxylic acids is 1. The molecule has 3 N–H and O–H groups in total. The van der Waals surface area contributed by atoms with Crippen molar-refractivity contribution in [2.24, 2.45) is 0 Å². The second-order valence-corrected chi connectivity index (χ2v) is 8.89. The summed E-state index contributed by atoms with van der Waals surface area (Å²) < 4.78 is 8.25. The first kappa shape index (κ1) is 21.5. The van der Waals surface area contributed by atoms with Gasteiger partial charge in [0.1, 0.15) is 17.5 Å². The molecule has 0 heterocycles. The van der Waals surface area contributed by atoms with Crippen LogP contribution in [0.1, 0.15) is 12.5 Å². The van der Waals surface area contributed by atoms with E-state index in [1.54, 1.807) is 18.2 Å². The molecule has 0 saturated heterocycles. The van der Waals surface area contributed by atoms with Gasteiger partial charge >= 0.3 is 5.97 Å². The summed E-state index contributed by atoms with van der Waals surface area (Å²) in [6.45, 7) is 1.29. The summed E-state index contributed by atoms with van der Waals surface area (Å²) in [5, 5.41) is 21.3. The fourth-order valence-corrected chi connectivity index (χ4v) is 4.78. The molecule has 0 bridgehead atoms. The molecule has 0 saturated carbocycles. The number of aromatic hydroxyl groups is 1. The number of halogens is 3. The van der Waals surface area contributed by atoms with Gasteiger partial charge in [0.25, 0.3) is 0 Å². The SMILES string of the molecule is CC(=O)N[C@@H](Cc1cc(I)c(O[13c]2[13cH][13cH][13c](O)[13c](I)[13cH]2)c(I)c1)C(=O)O. The molecule has 0 aliphatic heterocycles. The molecule has 0 fully saturated rings. The number of hydrogen-bond acceptors (Lipinski definition) is 4. The Bertz CT molecular complexity index is 833. The second kappa shape index (κ2) is 9.39. The number of phenolic OH excluding ortho intramolecular Hbond substituents is 1. The van der Waals surface area contributed by atoms with Gasteiger partial charge in [0.15, 0.2) is 5.75 Å². The molecule has 0 radical (unpaired) electrons. The van der Waals surface area contributed by atoms with Crippen molar-refractivity contribution >= 4 is 79.6 Å². The highest BCUT2D eigenvalue weighted by molar-refractivity contribution is 14.1. The smallest absolute Gasteiger partial charge is 0.326 e. The summed E-state index contributed by atoms with van der Waals surface area (Å²) in [5.74, 6) is -0.0245. The average Bonchev–Trinajstić information content (AvgIpc) is 2.53. The first-order valence-electron chi connectivity index (χ1n) is 7.31. The lowest BCUT2D eigenvalue weighted by Crippen LogP contribution is -2.41. The molecule has 2 aromatic carbocycles. The maximum absolute atomic E-state index is 11.3. The van der Waals surface area contributed by atoms with Crippen molar-refractivity contribution in [1.82, 2.24) is 5.32 Å². The van der Waals surface area contributed by atoms with Gasteiger partial charge < -0.3 is 20.3 Å². The van der Waals surface area contributed by atoms with Crippen LogP contribution >= 0.6 is 67.8 Å². The highest BCUT2D eigenvalue weighted by atomic mass is 127. The number of rotatable bonds is 6. The molecule has 2 aromatic rings. The van der Waals surface area contributed by atoms with E-state index in [4.69, 9.17) is 4.74 Å². The number of nitrogens with one attached hydrogen (secondary N) is 1. The van der Waals surface area contributed by atoms with Crippen LogP contribution in [0.4, 0.5) is 0 Å². The average molecular weight is 699 g/mol. The molecule has 6 nitrogen and oxygen atoms in total. The van der Waals surface area contributed by atoms with Crippen molar-refractivity contribution in [3.8, 4) is 17.2 Å². The van der Waals surface area contributed by atoms with Gasteiger partial charge in [-0.3, -0.25) is 4.79 Å². The number of benzene rings is 2. The van der Waals surface area contributed by atoms with E-state index in [2.05, 4.69) is 50.5 Å². The van der Waals surface area contributed by atoms with E-state index in [9.17, 15) is 19.8 Å². The lowest BCUT2D eigenvalue weighted by atomic mass is 10.1.